The van der Waals surface area contributed by atoms with E-state index in [1.807, 2.05) is 0 Å². The van der Waals surface area contributed by atoms with Gasteiger partial charge in [0, 0.05) is 31.5 Å². The van der Waals surface area contributed by atoms with Gasteiger partial charge in [-0.2, -0.15) is 11.3 Å². The number of rotatable bonds is 6. The lowest BCUT2D eigenvalue weighted by Gasteiger charge is -2.11. The lowest BCUT2D eigenvalue weighted by molar-refractivity contribution is 0.574. The second kappa shape index (κ2) is 6.03. The highest BCUT2D eigenvalue weighted by molar-refractivity contribution is 7.07. The van der Waals surface area contributed by atoms with Crippen LogP contribution in [-0.2, 0) is 13.1 Å². The zero-order valence-electron chi connectivity index (χ0n) is 10.5. The van der Waals surface area contributed by atoms with Crippen molar-refractivity contribution in [2.45, 2.75) is 39.4 Å². The molecule has 1 atom stereocenters. The highest BCUT2D eigenvalue weighted by Gasteiger charge is 2.05. The Bertz CT molecular complexity index is 431. The number of hydrogen-bond acceptors (Lipinski definition) is 2. The summed E-state index contributed by atoms with van der Waals surface area (Å²) in [7, 11) is 0. The van der Waals surface area contributed by atoms with E-state index >= 15 is 0 Å². The molecule has 2 heterocycles. The Balaban J connectivity index is 1.84. The van der Waals surface area contributed by atoms with Gasteiger partial charge in [0.25, 0.3) is 0 Å². The second-order valence-corrected chi connectivity index (χ2v) is 5.20. The van der Waals surface area contributed by atoms with E-state index in [0.717, 1.165) is 13.1 Å². The van der Waals surface area contributed by atoms with Crippen LogP contribution in [0.3, 0.4) is 0 Å². The highest BCUT2D eigenvalue weighted by Crippen LogP contribution is 2.16. The van der Waals surface area contributed by atoms with Gasteiger partial charge in [0.1, 0.15) is 0 Å². The molecule has 1 N–H and O–H groups in total. The van der Waals surface area contributed by atoms with Crippen LogP contribution in [0.25, 0.3) is 0 Å². The Labute approximate surface area is 107 Å². The Kier molecular flexibility index (Phi) is 4.40. The zero-order valence-corrected chi connectivity index (χ0v) is 11.3. The van der Waals surface area contributed by atoms with Gasteiger partial charge in [-0.25, -0.2) is 0 Å². The van der Waals surface area contributed by atoms with Gasteiger partial charge in [-0.1, -0.05) is 6.92 Å². The summed E-state index contributed by atoms with van der Waals surface area (Å²) in [6.45, 7) is 6.47. The van der Waals surface area contributed by atoms with Crippen LogP contribution in [0.2, 0.25) is 0 Å². The van der Waals surface area contributed by atoms with Crippen molar-refractivity contribution in [3.8, 4) is 0 Å². The van der Waals surface area contributed by atoms with Gasteiger partial charge >= 0.3 is 0 Å². The molecule has 0 radical (unpaired) electrons. The zero-order chi connectivity index (χ0) is 12.1. The van der Waals surface area contributed by atoms with Gasteiger partial charge in [0.2, 0.25) is 0 Å². The molecule has 1 unspecified atom stereocenters. The minimum Gasteiger partial charge on any atom is -0.354 e. The van der Waals surface area contributed by atoms with Crippen LogP contribution in [0, 0.1) is 0 Å². The van der Waals surface area contributed by atoms with E-state index in [1.165, 1.54) is 17.5 Å². The molecule has 0 saturated heterocycles. The quantitative estimate of drug-likeness (QED) is 0.822. The molecular formula is C14H20N2S. The molecule has 2 aromatic rings. The number of aryl methyl sites for hydroxylation is 1. The third-order valence-electron chi connectivity index (χ3n) is 2.95. The molecule has 0 aliphatic rings. The molecule has 0 aliphatic carbocycles. The maximum absolute atomic E-state index is 3.55. The largest absolute Gasteiger partial charge is 0.354 e. The molecular weight excluding hydrogens is 228 g/mol. The monoisotopic (exact) mass is 248 g/mol. The highest BCUT2D eigenvalue weighted by atomic mass is 32.1. The maximum atomic E-state index is 3.55. The number of thiophene rings is 1. The lowest BCUT2D eigenvalue weighted by Crippen LogP contribution is -2.17. The smallest absolute Gasteiger partial charge is 0.0303 e. The molecule has 0 spiro atoms. The van der Waals surface area contributed by atoms with Crippen LogP contribution in [0.5, 0.6) is 0 Å². The first kappa shape index (κ1) is 12.4. The van der Waals surface area contributed by atoms with Gasteiger partial charge in [0.15, 0.2) is 0 Å². The fourth-order valence-corrected chi connectivity index (χ4v) is 2.66. The first-order valence-electron chi connectivity index (χ1n) is 6.19. The number of aromatic nitrogens is 1. The van der Waals surface area contributed by atoms with Crippen LogP contribution in [0.4, 0.5) is 0 Å². The van der Waals surface area contributed by atoms with Gasteiger partial charge in [0.05, 0.1) is 0 Å². The minimum absolute atomic E-state index is 0.427. The van der Waals surface area contributed by atoms with Crippen molar-refractivity contribution in [2.75, 3.05) is 0 Å². The normalized spacial score (nSPS) is 12.8. The fraction of sp³-hybridized carbons (Fsp3) is 0.429. The van der Waals surface area contributed by atoms with Crippen molar-refractivity contribution in [3.05, 3.63) is 46.4 Å². The van der Waals surface area contributed by atoms with Crippen LogP contribution in [0.15, 0.2) is 35.3 Å². The van der Waals surface area contributed by atoms with E-state index in [1.54, 1.807) is 11.3 Å². The van der Waals surface area contributed by atoms with Crippen LogP contribution < -0.4 is 5.32 Å². The molecule has 2 aromatic heterocycles. The molecule has 2 nitrogen and oxygen atoms in total. The Morgan fingerprint density at radius 3 is 3.00 bits per heavy atom. The lowest BCUT2D eigenvalue weighted by atomic mass is 10.2. The minimum atomic E-state index is 0.427. The summed E-state index contributed by atoms with van der Waals surface area (Å²) >= 11 is 1.76. The van der Waals surface area contributed by atoms with E-state index < -0.39 is 0 Å². The van der Waals surface area contributed by atoms with E-state index in [2.05, 4.69) is 59.0 Å². The van der Waals surface area contributed by atoms with Gasteiger partial charge in [-0.05, 0) is 47.4 Å². The molecule has 0 bridgehead atoms. The summed E-state index contributed by atoms with van der Waals surface area (Å²) in [5, 5.41) is 7.89. The Morgan fingerprint density at radius 1 is 1.41 bits per heavy atom. The van der Waals surface area contributed by atoms with Gasteiger partial charge in [-0.3, -0.25) is 0 Å². The van der Waals surface area contributed by atoms with E-state index in [4.69, 9.17) is 0 Å². The van der Waals surface area contributed by atoms with Crippen molar-refractivity contribution >= 4 is 11.3 Å². The van der Waals surface area contributed by atoms with Gasteiger partial charge in [-0.15, -0.1) is 0 Å². The topological polar surface area (TPSA) is 17.0 Å². The fourth-order valence-electron chi connectivity index (χ4n) is 1.90. The molecule has 2 rings (SSSR count). The molecule has 0 amide bonds. The summed E-state index contributed by atoms with van der Waals surface area (Å²) < 4.78 is 2.26. The average molecular weight is 248 g/mol. The van der Waals surface area contributed by atoms with Crippen molar-refractivity contribution in [1.29, 1.82) is 0 Å². The Morgan fingerprint density at radius 2 is 2.29 bits per heavy atom. The van der Waals surface area contributed by atoms with E-state index in [-0.39, 0.29) is 0 Å². The number of nitrogens with zero attached hydrogens (tertiary/aromatic N) is 1. The summed E-state index contributed by atoms with van der Waals surface area (Å²) in [6.07, 6.45) is 5.58. The second-order valence-electron chi connectivity index (χ2n) is 4.42. The Hall–Kier alpha value is -1.06. The van der Waals surface area contributed by atoms with Crippen LogP contribution >= 0.6 is 11.3 Å². The standard InChI is InChI=1S/C14H20N2S/c1-3-6-16-7-4-13(10-16)9-15-12(2)14-5-8-17-11-14/h4-5,7-8,10-12,15H,3,6,9H2,1-2H3. The van der Waals surface area contributed by atoms with Crippen molar-refractivity contribution in [1.82, 2.24) is 9.88 Å². The van der Waals surface area contributed by atoms with Crippen LogP contribution in [0.1, 0.15) is 37.4 Å². The molecule has 0 aliphatic heterocycles. The third-order valence-corrected chi connectivity index (χ3v) is 3.65. The number of hydrogen-bond donors (Lipinski definition) is 1. The molecule has 3 heteroatoms. The van der Waals surface area contributed by atoms with Crippen molar-refractivity contribution < 1.29 is 0 Å². The maximum Gasteiger partial charge on any atom is 0.0303 e. The molecule has 17 heavy (non-hydrogen) atoms. The van der Waals surface area contributed by atoms with Gasteiger partial charge < -0.3 is 9.88 Å². The summed E-state index contributed by atoms with van der Waals surface area (Å²) in [4.78, 5) is 0. The van der Waals surface area contributed by atoms with Crippen molar-refractivity contribution in [3.63, 3.8) is 0 Å². The van der Waals surface area contributed by atoms with Crippen LogP contribution in [-0.4, -0.2) is 4.57 Å². The first-order chi connectivity index (χ1) is 8.29. The molecule has 0 fully saturated rings. The molecule has 0 saturated carbocycles. The number of nitrogens with one attached hydrogen (secondary N) is 1. The average Bonchev–Trinajstić information content (AvgIpc) is 2.97. The first-order valence-corrected chi connectivity index (χ1v) is 7.14. The third kappa shape index (κ3) is 3.45. The van der Waals surface area contributed by atoms with E-state index in [0.29, 0.717) is 6.04 Å². The summed E-state index contributed by atoms with van der Waals surface area (Å²) in [5.41, 5.74) is 2.74. The van der Waals surface area contributed by atoms with E-state index in [9.17, 15) is 0 Å². The van der Waals surface area contributed by atoms with Crippen molar-refractivity contribution in [2.24, 2.45) is 0 Å². The molecule has 0 aromatic carbocycles. The summed E-state index contributed by atoms with van der Waals surface area (Å²) in [6, 6.07) is 4.81. The summed E-state index contributed by atoms with van der Waals surface area (Å²) in [5.74, 6) is 0. The SMILES string of the molecule is CCCn1ccc(CNC(C)c2ccsc2)c1. The predicted molar refractivity (Wildman–Crippen MR) is 74.3 cm³/mol. The predicted octanol–water partition coefficient (Wildman–Crippen LogP) is 3.81. The molecule has 92 valence electrons.